The molecule has 1 aromatic rings. The molecule has 0 saturated carbocycles. The predicted octanol–water partition coefficient (Wildman–Crippen LogP) is 1.92. The molecule has 0 spiro atoms. The zero-order chi connectivity index (χ0) is 14.8. The fraction of sp³-hybridized carbons (Fsp3) is 0.333. The maximum absolute atomic E-state index is 12.5. The van der Waals surface area contributed by atoms with E-state index < -0.39 is 17.7 Å². The van der Waals surface area contributed by atoms with Crippen molar-refractivity contribution in [1.82, 2.24) is 4.90 Å². The number of carbonyl (C=O) groups excluding carboxylic acids is 1. The predicted molar refractivity (Wildman–Crippen MR) is 66.1 cm³/mol. The first-order chi connectivity index (χ1) is 9.38. The summed E-state index contributed by atoms with van der Waals surface area (Å²) in [6.45, 7) is 0.743. The van der Waals surface area contributed by atoms with Crippen molar-refractivity contribution in [3.8, 4) is 0 Å². The van der Waals surface area contributed by atoms with E-state index in [9.17, 15) is 18.0 Å². The lowest BCUT2D eigenvalue weighted by atomic mass is 10.2. The number of amidine groups is 1. The number of alkyl halides is 3. The zero-order valence-corrected chi connectivity index (χ0v) is 10.6. The Labute approximate surface area is 113 Å². The van der Waals surface area contributed by atoms with Crippen molar-refractivity contribution in [3.05, 3.63) is 29.8 Å². The molecular formula is C12H12F3N3O2. The Kier molecular flexibility index (Phi) is 3.82. The van der Waals surface area contributed by atoms with Gasteiger partial charge in [-0.1, -0.05) is 6.07 Å². The number of cyclic esters (lactones) is 1. The van der Waals surface area contributed by atoms with Crippen LogP contribution in [0.15, 0.2) is 29.4 Å². The van der Waals surface area contributed by atoms with Crippen molar-refractivity contribution in [2.75, 3.05) is 25.6 Å². The highest BCUT2D eigenvalue weighted by atomic mass is 19.4. The molecule has 5 nitrogen and oxygen atoms in total. The van der Waals surface area contributed by atoms with Gasteiger partial charge in [-0.25, -0.2) is 4.79 Å². The van der Waals surface area contributed by atoms with Crippen LogP contribution in [-0.2, 0) is 15.7 Å². The van der Waals surface area contributed by atoms with E-state index in [1.54, 1.807) is 11.9 Å². The molecule has 1 fully saturated rings. The number of hydrogen-bond donors (Lipinski definition) is 1. The number of ether oxygens (including phenoxy) is 1. The maximum atomic E-state index is 12.5. The second kappa shape index (κ2) is 5.40. The standard InChI is InChI=1S/C12H12F3N3O2/c1-18-5-6-20-11(19)10(18)17-16-9-4-2-3-8(7-9)12(13,14)15/h2-4,7,16H,5-6H2,1H3. The second-order valence-electron chi connectivity index (χ2n) is 4.18. The molecule has 0 radical (unpaired) electrons. The minimum atomic E-state index is -4.43. The van der Waals surface area contributed by atoms with Crippen molar-refractivity contribution in [2.24, 2.45) is 5.10 Å². The Hall–Kier alpha value is -2.25. The number of benzene rings is 1. The summed E-state index contributed by atoms with van der Waals surface area (Å²) in [6, 6.07) is 4.55. The number of halogens is 3. The third kappa shape index (κ3) is 3.19. The molecule has 0 aromatic heterocycles. The molecular weight excluding hydrogens is 275 g/mol. The average molecular weight is 287 g/mol. The highest BCUT2D eigenvalue weighted by Gasteiger charge is 2.30. The zero-order valence-electron chi connectivity index (χ0n) is 10.6. The number of esters is 1. The minimum absolute atomic E-state index is 0.0219. The van der Waals surface area contributed by atoms with Crippen molar-refractivity contribution in [3.63, 3.8) is 0 Å². The molecule has 1 aliphatic rings. The fourth-order valence-corrected chi connectivity index (χ4v) is 1.62. The summed E-state index contributed by atoms with van der Waals surface area (Å²) in [5.74, 6) is -0.591. The van der Waals surface area contributed by atoms with E-state index in [1.807, 2.05) is 0 Å². The van der Waals surface area contributed by atoms with Crippen molar-refractivity contribution >= 4 is 17.5 Å². The molecule has 20 heavy (non-hydrogen) atoms. The van der Waals surface area contributed by atoms with Crippen LogP contribution < -0.4 is 5.43 Å². The molecule has 0 unspecified atom stereocenters. The number of morpholine rings is 1. The Balaban J connectivity index is 2.16. The van der Waals surface area contributed by atoms with Crippen LogP contribution in [0.25, 0.3) is 0 Å². The lowest BCUT2D eigenvalue weighted by Crippen LogP contribution is -2.43. The van der Waals surface area contributed by atoms with Gasteiger partial charge in [0.15, 0.2) is 0 Å². The maximum Gasteiger partial charge on any atom is 0.416 e. The first-order valence-electron chi connectivity index (χ1n) is 5.77. The van der Waals surface area contributed by atoms with E-state index in [0.717, 1.165) is 12.1 Å². The van der Waals surface area contributed by atoms with Gasteiger partial charge in [-0.15, -0.1) is 5.10 Å². The van der Waals surface area contributed by atoms with Crippen LogP contribution in [0.4, 0.5) is 18.9 Å². The SMILES string of the molecule is CN1CCOC(=O)C1=NNc1cccc(C(F)(F)F)c1. The Morgan fingerprint density at radius 2 is 2.15 bits per heavy atom. The van der Waals surface area contributed by atoms with Crippen LogP contribution in [-0.4, -0.2) is 36.9 Å². The average Bonchev–Trinajstić information content (AvgIpc) is 2.37. The number of hydrogen-bond acceptors (Lipinski definition) is 4. The van der Waals surface area contributed by atoms with E-state index in [0.29, 0.717) is 6.54 Å². The first kappa shape index (κ1) is 14.2. The van der Waals surface area contributed by atoms with E-state index in [4.69, 9.17) is 4.74 Å². The van der Waals surface area contributed by atoms with Gasteiger partial charge in [-0.3, -0.25) is 5.43 Å². The Morgan fingerprint density at radius 1 is 1.40 bits per heavy atom. The van der Waals surface area contributed by atoms with Gasteiger partial charge in [0.25, 0.3) is 0 Å². The number of hydrazone groups is 1. The Bertz CT molecular complexity index is 543. The summed E-state index contributed by atoms with van der Waals surface area (Å²) in [6.07, 6.45) is -4.43. The molecule has 0 atom stereocenters. The first-order valence-corrected chi connectivity index (χ1v) is 5.77. The number of carbonyl (C=O) groups is 1. The number of anilines is 1. The summed E-state index contributed by atoms with van der Waals surface area (Å²) in [5.41, 5.74) is 1.78. The third-order valence-corrected chi connectivity index (χ3v) is 2.68. The van der Waals surface area contributed by atoms with Gasteiger partial charge in [-0.05, 0) is 18.2 Å². The quantitative estimate of drug-likeness (QED) is 0.667. The van der Waals surface area contributed by atoms with Gasteiger partial charge in [0.2, 0.25) is 5.84 Å². The van der Waals surface area contributed by atoms with E-state index in [-0.39, 0.29) is 18.1 Å². The van der Waals surface area contributed by atoms with Crippen LogP contribution in [0, 0.1) is 0 Å². The minimum Gasteiger partial charge on any atom is -0.458 e. The number of likely N-dealkylation sites (N-methyl/N-ethyl adjacent to an activating group) is 1. The monoisotopic (exact) mass is 287 g/mol. The summed E-state index contributed by atoms with van der Waals surface area (Å²) < 4.78 is 42.4. The summed E-state index contributed by atoms with van der Waals surface area (Å²) in [5, 5.41) is 3.79. The van der Waals surface area contributed by atoms with Gasteiger partial charge >= 0.3 is 12.1 Å². The van der Waals surface area contributed by atoms with Crippen LogP contribution >= 0.6 is 0 Å². The second-order valence-corrected chi connectivity index (χ2v) is 4.18. The molecule has 108 valence electrons. The fourth-order valence-electron chi connectivity index (χ4n) is 1.62. The summed E-state index contributed by atoms with van der Waals surface area (Å²) >= 11 is 0. The van der Waals surface area contributed by atoms with Crippen molar-refractivity contribution < 1.29 is 22.7 Å². The van der Waals surface area contributed by atoms with E-state index in [2.05, 4.69) is 10.5 Å². The van der Waals surface area contributed by atoms with Crippen molar-refractivity contribution in [2.45, 2.75) is 6.18 Å². The summed E-state index contributed by atoms with van der Waals surface area (Å²) in [4.78, 5) is 13.0. The summed E-state index contributed by atoms with van der Waals surface area (Å²) in [7, 11) is 1.65. The molecule has 1 heterocycles. The molecule has 8 heteroatoms. The lowest BCUT2D eigenvalue weighted by molar-refractivity contribution is -0.139. The number of nitrogens with one attached hydrogen (secondary N) is 1. The van der Waals surface area contributed by atoms with E-state index in [1.165, 1.54) is 12.1 Å². The van der Waals surface area contributed by atoms with Crippen LogP contribution in [0.3, 0.4) is 0 Å². The van der Waals surface area contributed by atoms with Crippen LogP contribution in [0.1, 0.15) is 5.56 Å². The molecule has 1 aliphatic heterocycles. The van der Waals surface area contributed by atoms with E-state index >= 15 is 0 Å². The topological polar surface area (TPSA) is 53.9 Å². The molecule has 2 rings (SSSR count). The smallest absolute Gasteiger partial charge is 0.416 e. The van der Waals surface area contributed by atoms with Gasteiger partial charge in [0, 0.05) is 7.05 Å². The van der Waals surface area contributed by atoms with Gasteiger partial charge < -0.3 is 9.64 Å². The van der Waals surface area contributed by atoms with Crippen LogP contribution in [0.5, 0.6) is 0 Å². The highest BCUT2D eigenvalue weighted by Crippen LogP contribution is 2.30. The van der Waals surface area contributed by atoms with Crippen molar-refractivity contribution in [1.29, 1.82) is 0 Å². The van der Waals surface area contributed by atoms with Crippen LogP contribution in [0.2, 0.25) is 0 Å². The molecule has 1 aromatic carbocycles. The van der Waals surface area contributed by atoms with Gasteiger partial charge in [0.1, 0.15) is 6.61 Å². The molecule has 0 aliphatic carbocycles. The molecule has 1 N–H and O–H groups in total. The molecule has 0 bridgehead atoms. The highest BCUT2D eigenvalue weighted by molar-refractivity contribution is 6.35. The number of rotatable bonds is 2. The normalized spacial score (nSPS) is 18.1. The Morgan fingerprint density at radius 3 is 2.80 bits per heavy atom. The molecule has 0 amide bonds. The number of nitrogens with zero attached hydrogens (tertiary/aromatic N) is 2. The third-order valence-electron chi connectivity index (χ3n) is 2.68. The lowest BCUT2D eigenvalue weighted by Gasteiger charge is -2.24. The van der Waals surface area contributed by atoms with Gasteiger partial charge in [0.05, 0.1) is 17.8 Å². The van der Waals surface area contributed by atoms with Gasteiger partial charge in [-0.2, -0.15) is 13.2 Å². The molecule has 1 saturated heterocycles. The largest absolute Gasteiger partial charge is 0.458 e.